The number of nitrogens with zero attached hydrogens (tertiary/aromatic N) is 4. The third-order valence-corrected chi connectivity index (χ3v) is 7.35. The van der Waals surface area contributed by atoms with E-state index in [0.717, 1.165) is 49.3 Å². The summed E-state index contributed by atoms with van der Waals surface area (Å²) in [6, 6.07) is 5.78. The summed E-state index contributed by atoms with van der Waals surface area (Å²) < 4.78 is 27.4. The zero-order valence-corrected chi connectivity index (χ0v) is 21.6. The number of morpholine rings is 1. The zero-order chi connectivity index (χ0) is 25.7. The first-order valence-electron chi connectivity index (χ1n) is 12.8. The third kappa shape index (κ3) is 6.24. The van der Waals surface area contributed by atoms with Gasteiger partial charge in [0.25, 0.3) is 0 Å². The van der Waals surface area contributed by atoms with E-state index in [0.29, 0.717) is 31.7 Å². The average Bonchev–Trinajstić information content (AvgIpc) is 3.13. The molecule has 2 aliphatic heterocycles. The lowest BCUT2D eigenvalue weighted by Crippen LogP contribution is -2.58. The maximum Gasteiger partial charge on any atom is 0.225 e. The molecule has 1 atom stereocenters. The molecule has 0 saturated carbocycles. The zero-order valence-electron chi connectivity index (χ0n) is 21.6. The highest BCUT2D eigenvalue weighted by Gasteiger charge is 2.42. The summed E-state index contributed by atoms with van der Waals surface area (Å²) in [6.07, 6.45) is 4.26. The van der Waals surface area contributed by atoms with Gasteiger partial charge < -0.3 is 19.3 Å². The normalized spacial score (nSPS) is 20.4. The summed E-state index contributed by atoms with van der Waals surface area (Å²) in [5.41, 5.74) is 2.15. The van der Waals surface area contributed by atoms with Crippen LogP contribution in [-0.4, -0.2) is 76.4 Å². The number of hydrogen-bond acceptors (Lipinski definition) is 5. The summed E-state index contributed by atoms with van der Waals surface area (Å²) in [7, 11) is 1.91. The molecule has 0 spiro atoms. The number of carbonyl (C=O) groups excluding carboxylic acids is 2. The highest BCUT2D eigenvalue weighted by molar-refractivity contribution is 5.79. The van der Waals surface area contributed by atoms with Crippen molar-refractivity contribution in [2.75, 3.05) is 39.4 Å². The van der Waals surface area contributed by atoms with E-state index >= 15 is 0 Å². The van der Waals surface area contributed by atoms with Gasteiger partial charge in [0.2, 0.25) is 11.8 Å². The Morgan fingerprint density at radius 3 is 2.44 bits per heavy atom. The number of aromatic nitrogens is 2. The molecule has 0 radical (unpaired) electrons. The third-order valence-electron chi connectivity index (χ3n) is 7.35. The van der Waals surface area contributed by atoms with E-state index < -0.39 is 5.60 Å². The van der Waals surface area contributed by atoms with Gasteiger partial charge in [-0.25, -0.2) is 4.39 Å². The second-order valence-electron chi connectivity index (χ2n) is 9.98. The first kappa shape index (κ1) is 26.1. The van der Waals surface area contributed by atoms with Crippen molar-refractivity contribution in [2.24, 2.45) is 7.05 Å². The minimum absolute atomic E-state index is 0.0216. The lowest BCUT2D eigenvalue weighted by molar-refractivity contribution is -0.166. The van der Waals surface area contributed by atoms with Crippen molar-refractivity contribution in [3.05, 3.63) is 47.0 Å². The summed E-state index contributed by atoms with van der Waals surface area (Å²) in [5, 5.41) is 4.45. The lowest BCUT2D eigenvalue weighted by Gasteiger charge is -2.43. The molecule has 2 aliphatic rings. The van der Waals surface area contributed by atoms with Gasteiger partial charge in [0.05, 0.1) is 25.3 Å². The molecule has 8 nitrogen and oxygen atoms in total. The monoisotopic (exact) mass is 500 g/mol. The Morgan fingerprint density at radius 2 is 1.78 bits per heavy atom. The molecule has 1 aromatic heterocycles. The van der Waals surface area contributed by atoms with Crippen molar-refractivity contribution in [2.45, 2.75) is 58.0 Å². The fourth-order valence-electron chi connectivity index (χ4n) is 5.15. The van der Waals surface area contributed by atoms with Crippen LogP contribution in [0.3, 0.4) is 0 Å². The standard InChI is InChI=1S/C27H37FN4O4/c1-20-24(21(2)30(3)29-20)11-12-25(33)32-15-16-36-27(18-32,17-26(34)31-13-5-4-6-14-31)19-35-23-9-7-22(28)8-10-23/h7-10H,4-6,11-19H2,1-3H3/t27-/m1/s1. The van der Waals surface area contributed by atoms with E-state index in [1.807, 2.05) is 30.5 Å². The van der Waals surface area contributed by atoms with Crippen molar-refractivity contribution < 1.29 is 23.5 Å². The summed E-state index contributed by atoms with van der Waals surface area (Å²) >= 11 is 0. The molecule has 0 unspecified atom stereocenters. The van der Waals surface area contributed by atoms with Crippen LogP contribution in [0.25, 0.3) is 0 Å². The Balaban J connectivity index is 1.46. The Labute approximate surface area is 212 Å². The van der Waals surface area contributed by atoms with E-state index in [-0.39, 0.29) is 37.2 Å². The smallest absolute Gasteiger partial charge is 0.225 e. The summed E-state index contributed by atoms with van der Waals surface area (Å²) in [5.74, 6) is 0.198. The molecule has 36 heavy (non-hydrogen) atoms. The lowest BCUT2D eigenvalue weighted by atomic mass is 9.95. The molecule has 4 rings (SSSR count). The SMILES string of the molecule is Cc1nn(C)c(C)c1CCC(=O)N1CCO[C@](COc2ccc(F)cc2)(CC(=O)N2CCCCC2)C1. The van der Waals surface area contributed by atoms with E-state index in [1.165, 1.54) is 12.1 Å². The molecule has 196 valence electrons. The van der Waals surface area contributed by atoms with Crippen LogP contribution in [0.5, 0.6) is 5.75 Å². The fourth-order valence-corrected chi connectivity index (χ4v) is 5.15. The van der Waals surface area contributed by atoms with Crippen LogP contribution < -0.4 is 4.74 Å². The minimum atomic E-state index is -0.961. The summed E-state index contributed by atoms with van der Waals surface area (Å²) in [6.45, 7) is 6.65. The second kappa shape index (κ2) is 11.4. The predicted octanol–water partition coefficient (Wildman–Crippen LogP) is 3.19. The maximum absolute atomic E-state index is 13.3. The Hall–Kier alpha value is -2.94. The molecule has 0 aliphatic carbocycles. The molecule has 3 heterocycles. The highest BCUT2D eigenvalue weighted by Crippen LogP contribution is 2.27. The van der Waals surface area contributed by atoms with Crippen LogP contribution in [0.1, 0.15) is 49.1 Å². The number of piperidine rings is 1. The van der Waals surface area contributed by atoms with Crippen LogP contribution in [0.2, 0.25) is 0 Å². The largest absolute Gasteiger partial charge is 0.490 e. The van der Waals surface area contributed by atoms with Crippen LogP contribution in [0.15, 0.2) is 24.3 Å². The molecular formula is C27H37FN4O4. The van der Waals surface area contributed by atoms with Gasteiger partial charge in [0.15, 0.2) is 0 Å². The number of halogens is 1. The van der Waals surface area contributed by atoms with Crippen LogP contribution in [-0.2, 0) is 27.8 Å². The first-order valence-corrected chi connectivity index (χ1v) is 12.8. The van der Waals surface area contributed by atoms with Crippen molar-refractivity contribution in [3.63, 3.8) is 0 Å². The first-order chi connectivity index (χ1) is 17.3. The topological polar surface area (TPSA) is 76.9 Å². The van der Waals surface area contributed by atoms with Gasteiger partial charge in [-0.2, -0.15) is 5.10 Å². The van der Waals surface area contributed by atoms with Crippen molar-refractivity contribution in [1.29, 1.82) is 0 Å². The predicted molar refractivity (Wildman–Crippen MR) is 133 cm³/mol. The average molecular weight is 501 g/mol. The highest BCUT2D eigenvalue weighted by atomic mass is 19.1. The maximum atomic E-state index is 13.3. The quantitative estimate of drug-likeness (QED) is 0.557. The number of hydrogen-bond donors (Lipinski definition) is 0. The molecule has 0 bridgehead atoms. The number of amides is 2. The molecule has 9 heteroatoms. The van der Waals surface area contributed by atoms with E-state index in [4.69, 9.17) is 9.47 Å². The molecule has 2 amide bonds. The van der Waals surface area contributed by atoms with Gasteiger partial charge >= 0.3 is 0 Å². The molecule has 1 aromatic carbocycles. The number of aryl methyl sites for hydroxylation is 2. The van der Waals surface area contributed by atoms with Crippen molar-refractivity contribution >= 4 is 11.8 Å². The fraction of sp³-hybridized carbons (Fsp3) is 0.593. The van der Waals surface area contributed by atoms with Crippen LogP contribution in [0.4, 0.5) is 4.39 Å². The molecule has 2 aromatic rings. The molecule has 2 fully saturated rings. The summed E-state index contributed by atoms with van der Waals surface area (Å²) in [4.78, 5) is 30.2. The number of benzene rings is 1. The number of likely N-dealkylation sites (tertiary alicyclic amines) is 1. The Morgan fingerprint density at radius 1 is 1.06 bits per heavy atom. The number of rotatable bonds is 8. The van der Waals surface area contributed by atoms with Crippen LogP contribution >= 0.6 is 0 Å². The molecule has 2 saturated heterocycles. The number of carbonyl (C=O) groups is 2. The minimum Gasteiger partial charge on any atom is -0.490 e. The molecule has 0 N–H and O–H groups in total. The van der Waals surface area contributed by atoms with Gasteiger partial charge in [-0.1, -0.05) is 0 Å². The van der Waals surface area contributed by atoms with E-state index in [1.54, 1.807) is 17.0 Å². The van der Waals surface area contributed by atoms with E-state index in [2.05, 4.69) is 5.10 Å². The van der Waals surface area contributed by atoms with Gasteiger partial charge in [-0.05, 0) is 69.4 Å². The van der Waals surface area contributed by atoms with Gasteiger partial charge in [-0.15, -0.1) is 0 Å². The van der Waals surface area contributed by atoms with Crippen LogP contribution in [0, 0.1) is 19.7 Å². The number of ether oxygens (including phenoxy) is 2. The van der Waals surface area contributed by atoms with Crippen molar-refractivity contribution in [3.8, 4) is 5.75 Å². The Bertz CT molecular complexity index is 1060. The van der Waals surface area contributed by atoms with E-state index in [9.17, 15) is 14.0 Å². The second-order valence-corrected chi connectivity index (χ2v) is 9.98. The molecular weight excluding hydrogens is 463 g/mol. The van der Waals surface area contributed by atoms with Gasteiger partial charge in [0, 0.05) is 38.8 Å². The Kier molecular flexibility index (Phi) is 8.28. The van der Waals surface area contributed by atoms with Gasteiger partial charge in [-0.3, -0.25) is 14.3 Å². The van der Waals surface area contributed by atoms with Crippen molar-refractivity contribution in [1.82, 2.24) is 19.6 Å². The van der Waals surface area contributed by atoms with Gasteiger partial charge in [0.1, 0.15) is 23.8 Å².